The van der Waals surface area contributed by atoms with Gasteiger partial charge in [0.25, 0.3) is 0 Å². The van der Waals surface area contributed by atoms with Crippen LogP contribution < -0.4 is 10.1 Å². The predicted molar refractivity (Wildman–Crippen MR) is 116 cm³/mol. The van der Waals surface area contributed by atoms with E-state index in [1.54, 1.807) is 24.3 Å². The number of benzene rings is 2. The van der Waals surface area contributed by atoms with Crippen molar-refractivity contribution in [3.8, 4) is 16.2 Å². The van der Waals surface area contributed by atoms with Crippen molar-refractivity contribution in [1.82, 2.24) is 0 Å². The summed E-state index contributed by atoms with van der Waals surface area (Å²) in [4.78, 5) is 34.9. The van der Waals surface area contributed by atoms with Gasteiger partial charge in [-0.15, -0.1) is 11.3 Å². The van der Waals surface area contributed by atoms with Crippen molar-refractivity contribution in [2.24, 2.45) is 0 Å². The van der Waals surface area contributed by atoms with E-state index in [0.29, 0.717) is 20.6 Å². The van der Waals surface area contributed by atoms with E-state index in [1.807, 2.05) is 30.3 Å². The molecule has 154 valence electrons. The Balaban J connectivity index is 1.77. The van der Waals surface area contributed by atoms with Gasteiger partial charge >= 0.3 is 11.9 Å². The minimum Gasteiger partial charge on any atom is -0.479 e. The summed E-state index contributed by atoms with van der Waals surface area (Å²) in [5.41, 5.74) is 2.21. The van der Waals surface area contributed by atoms with Crippen LogP contribution >= 0.6 is 27.3 Å². The minimum absolute atomic E-state index is 0.0230. The van der Waals surface area contributed by atoms with E-state index in [4.69, 9.17) is 9.84 Å². The molecule has 0 aliphatic rings. The van der Waals surface area contributed by atoms with E-state index >= 15 is 0 Å². The number of ether oxygens (including phenoxy) is 1. The molecule has 0 aliphatic carbocycles. The number of carboxylic acids is 2. The van der Waals surface area contributed by atoms with Crippen molar-refractivity contribution in [3.63, 3.8) is 0 Å². The molecule has 0 spiro atoms. The van der Waals surface area contributed by atoms with Crippen molar-refractivity contribution < 1.29 is 29.3 Å². The molecule has 1 aromatic heterocycles. The number of hydrogen-bond acceptors (Lipinski definition) is 5. The summed E-state index contributed by atoms with van der Waals surface area (Å²) in [6.45, 7) is -0.651. The minimum atomic E-state index is -1.21. The molecule has 1 heterocycles. The first-order valence-corrected chi connectivity index (χ1v) is 10.3. The summed E-state index contributed by atoms with van der Waals surface area (Å²) in [6.07, 6.45) is 0.255. The molecule has 30 heavy (non-hydrogen) atoms. The maximum Gasteiger partial charge on any atom is 0.349 e. The third-order valence-corrected chi connectivity index (χ3v) is 6.21. The first-order chi connectivity index (χ1) is 14.3. The highest BCUT2D eigenvalue weighted by atomic mass is 79.9. The Hall–Kier alpha value is -3.17. The quantitative estimate of drug-likeness (QED) is 0.428. The van der Waals surface area contributed by atoms with Gasteiger partial charge in [0.15, 0.2) is 17.2 Å². The number of aromatic carboxylic acids is 1. The summed E-state index contributed by atoms with van der Waals surface area (Å²) in [5.74, 6) is -2.59. The highest BCUT2D eigenvalue weighted by Gasteiger charge is 2.24. The van der Waals surface area contributed by atoms with Gasteiger partial charge in [0.1, 0.15) is 0 Å². The van der Waals surface area contributed by atoms with E-state index in [0.717, 1.165) is 16.9 Å². The number of nitrogens with one attached hydrogen (secondary N) is 1. The zero-order valence-corrected chi connectivity index (χ0v) is 17.8. The van der Waals surface area contributed by atoms with E-state index in [2.05, 4.69) is 21.2 Å². The first-order valence-electron chi connectivity index (χ1n) is 8.69. The van der Waals surface area contributed by atoms with Crippen LogP contribution in [0.25, 0.3) is 10.4 Å². The number of carbonyl (C=O) groups is 3. The summed E-state index contributed by atoms with van der Waals surface area (Å²) in [6, 6.07) is 16.3. The van der Waals surface area contributed by atoms with Gasteiger partial charge in [0.05, 0.1) is 15.8 Å². The van der Waals surface area contributed by atoms with Crippen LogP contribution in [0.1, 0.15) is 15.2 Å². The van der Waals surface area contributed by atoms with E-state index in [-0.39, 0.29) is 23.0 Å². The molecular weight excluding hydrogens is 474 g/mol. The highest BCUT2D eigenvalue weighted by molar-refractivity contribution is 9.10. The van der Waals surface area contributed by atoms with Gasteiger partial charge in [-0.3, -0.25) is 4.79 Å². The van der Waals surface area contributed by atoms with Gasteiger partial charge in [0.2, 0.25) is 5.91 Å². The van der Waals surface area contributed by atoms with Crippen LogP contribution in [-0.4, -0.2) is 34.7 Å². The molecule has 0 radical (unpaired) electrons. The molecule has 1 amide bonds. The second-order valence-corrected chi connectivity index (χ2v) is 7.99. The van der Waals surface area contributed by atoms with Gasteiger partial charge in [-0.2, -0.15) is 0 Å². The Bertz CT molecular complexity index is 1080. The zero-order chi connectivity index (χ0) is 21.7. The number of amides is 1. The number of carbonyl (C=O) groups excluding carboxylic acids is 1. The van der Waals surface area contributed by atoms with Crippen molar-refractivity contribution in [1.29, 1.82) is 0 Å². The fourth-order valence-corrected chi connectivity index (χ4v) is 4.57. The second kappa shape index (κ2) is 9.55. The van der Waals surface area contributed by atoms with Crippen LogP contribution in [0.3, 0.4) is 0 Å². The maximum absolute atomic E-state index is 12.2. The standard InChI is InChI=1S/C21H16BrNO6S/c22-17-18(29-11-16(25)26)20(21(27)28)30-19(17)13-6-8-14(9-7-13)23-15(24)10-12-4-2-1-3-5-12/h1-9H,10-11H2,(H,23,24)(H,25,26)(H,27,28). The van der Waals surface area contributed by atoms with Crippen molar-refractivity contribution in [2.45, 2.75) is 6.42 Å². The summed E-state index contributed by atoms with van der Waals surface area (Å²) < 4.78 is 5.52. The van der Waals surface area contributed by atoms with Crippen LogP contribution in [0, 0.1) is 0 Å². The molecule has 3 aromatic rings. The largest absolute Gasteiger partial charge is 0.479 e. The molecule has 0 saturated heterocycles. The molecule has 9 heteroatoms. The van der Waals surface area contributed by atoms with Crippen molar-refractivity contribution >= 4 is 50.8 Å². The van der Waals surface area contributed by atoms with E-state index in [1.165, 1.54) is 0 Å². The molecule has 0 atom stereocenters. The normalized spacial score (nSPS) is 10.4. The van der Waals surface area contributed by atoms with Crippen LogP contribution in [0.15, 0.2) is 59.1 Å². The van der Waals surface area contributed by atoms with Crippen LogP contribution in [0.2, 0.25) is 0 Å². The Morgan fingerprint density at radius 1 is 1.00 bits per heavy atom. The molecule has 0 unspecified atom stereocenters. The smallest absolute Gasteiger partial charge is 0.349 e. The monoisotopic (exact) mass is 489 g/mol. The van der Waals surface area contributed by atoms with Crippen LogP contribution in [0.4, 0.5) is 5.69 Å². The molecule has 0 fully saturated rings. The number of hydrogen-bond donors (Lipinski definition) is 3. The second-order valence-electron chi connectivity index (χ2n) is 6.18. The number of halogens is 1. The number of anilines is 1. The van der Waals surface area contributed by atoms with Gasteiger partial charge in [-0.05, 0) is 39.2 Å². The lowest BCUT2D eigenvalue weighted by atomic mass is 10.1. The summed E-state index contributed by atoms with van der Waals surface area (Å²) in [5, 5.41) is 21.0. The number of aliphatic carboxylic acids is 1. The Kier molecular flexibility index (Phi) is 6.86. The van der Waals surface area contributed by atoms with Crippen molar-refractivity contribution in [3.05, 3.63) is 69.5 Å². The predicted octanol–water partition coefficient (Wildman–Crippen LogP) is 4.52. The van der Waals surface area contributed by atoms with Gasteiger partial charge < -0.3 is 20.3 Å². The topological polar surface area (TPSA) is 113 Å². The lowest BCUT2D eigenvalue weighted by Crippen LogP contribution is -2.14. The summed E-state index contributed by atoms with van der Waals surface area (Å²) >= 11 is 4.28. The van der Waals surface area contributed by atoms with Gasteiger partial charge in [0, 0.05) is 5.69 Å². The third-order valence-electron chi connectivity index (χ3n) is 3.98. The zero-order valence-electron chi connectivity index (χ0n) is 15.4. The fraction of sp³-hybridized carbons (Fsp3) is 0.0952. The van der Waals surface area contributed by atoms with Gasteiger partial charge in [-0.25, -0.2) is 9.59 Å². The van der Waals surface area contributed by atoms with Crippen molar-refractivity contribution in [2.75, 3.05) is 11.9 Å². The number of carboxylic acid groups (broad SMARTS) is 2. The number of rotatable bonds is 8. The summed E-state index contributed by atoms with van der Waals surface area (Å²) in [7, 11) is 0. The fourth-order valence-electron chi connectivity index (χ4n) is 2.68. The SMILES string of the molecule is O=C(O)COc1c(C(=O)O)sc(-c2ccc(NC(=O)Cc3ccccc3)cc2)c1Br. The molecule has 3 N–H and O–H groups in total. The Morgan fingerprint density at radius 2 is 1.67 bits per heavy atom. The molecule has 0 saturated carbocycles. The first kappa shape index (κ1) is 21.5. The molecular formula is C21H16BrNO6S. The van der Waals surface area contributed by atoms with Crippen LogP contribution in [-0.2, 0) is 16.0 Å². The molecule has 0 bridgehead atoms. The molecule has 7 nitrogen and oxygen atoms in total. The average molecular weight is 490 g/mol. The Morgan fingerprint density at radius 3 is 2.27 bits per heavy atom. The van der Waals surface area contributed by atoms with E-state index < -0.39 is 18.5 Å². The lowest BCUT2D eigenvalue weighted by molar-refractivity contribution is -0.139. The van der Waals surface area contributed by atoms with Crippen LogP contribution in [0.5, 0.6) is 5.75 Å². The average Bonchev–Trinajstić information content (AvgIpc) is 3.04. The lowest BCUT2D eigenvalue weighted by Gasteiger charge is -2.07. The highest BCUT2D eigenvalue weighted by Crippen LogP contribution is 2.45. The molecule has 2 aromatic carbocycles. The maximum atomic E-state index is 12.2. The molecule has 3 rings (SSSR count). The molecule has 0 aliphatic heterocycles. The third kappa shape index (κ3) is 5.25. The van der Waals surface area contributed by atoms with Gasteiger partial charge in [-0.1, -0.05) is 42.5 Å². The number of thiophene rings is 1. The van der Waals surface area contributed by atoms with E-state index in [9.17, 15) is 19.5 Å². The Labute approximate surface area is 184 Å².